The van der Waals surface area contributed by atoms with Crippen LogP contribution in [0, 0.1) is 0 Å². The molecule has 2 heterocycles. The fourth-order valence-corrected chi connectivity index (χ4v) is 2.40. The van der Waals surface area contributed by atoms with Gasteiger partial charge in [0.25, 0.3) is 0 Å². The number of aromatic nitrogens is 1. The maximum absolute atomic E-state index is 11.5. The van der Waals surface area contributed by atoms with E-state index in [0.29, 0.717) is 32.8 Å². The highest BCUT2D eigenvalue weighted by Crippen LogP contribution is 2.29. The molecule has 5 nitrogen and oxygen atoms in total. The van der Waals surface area contributed by atoms with Crippen molar-refractivity contribution in [1.82, 2.24) is 4.98 Å². The fraction of sp³-hybridized carbons (Fsp3) is 0.0667. The maximum Gasteiger partial charge on any atom is 0.336 e. The topological polar surface area (TPSA) is 72.6 Å². The SMILES string of the molecule is COc1ccc2c(C(=O)O)cc(-c3ccc(Br)o3)nc2c1. The molecule has 0 aliphatic rings. The number of hydrogen-bond donors (Lipinski definition) is 1. The van der Waals surface area contributed by atoms with Gasteiger partial charge in [-0.3, -0.25) is 0 Å². The number of pyridine rings is 1. The number of carboxylic acids is 1. The van der Waals surface area contributed by atoms with E-state index in [1.54, 1.807) is 37.4 Å². The van der Waals surface area contributed by atoms with Gasteiger partial charge in [0.1, 0.15) is 11.4 Å². The van der Waals surface area contributed by atoms with Crippen molar-refractivity contribution in [3.05, 3.63) is 46.6 Å². The van der Waals surface area contributed by atoms with Crippen LogP contribution in [-0.4, -0.2) is 23.2 Å². The van der Waals surface area contributed by atoms with E-state index in [9.17, 15) is 9.90 Å². The summed E-state index contributed by atoms with van der Waals surface area (Å²) in [4.78, 5) is 15.9. The van der Waals surface area contributed by atoms with Crippen LogP contribution >= 0.6 is 15.9 Å². The van der Waals surface area contributed by atoms with Gasteiger partial charge in [0.15, 0.2) is 10.4 Å². The van der Waals surface area contributed by atoms with Gasteiger partial charge in [0, 0.05) is 11.5 Å². The van der Waals surface area contributed by atoms with E-state index in [1.807, 2.05) is 0 Å². The van der Waals surface area contributed by atoms with E-state index >= 15 is 0 Å². The zero-order chi connectivity index (χ0) is 15.0. The molecule has 21 heavy (non-hydrogen) atoms. The van der Waals surface area contributed by atoms with Crippen molar-refractivity contribution in [2.24, 2.45) is 0 Å². The van der Waals surface area contributed by atoms with Crippen molar-refractivity contribution in [3.8, 4) is 17.2 Å². The first-order valence-electron chi connectivity index (χ1n) is 6.06. The van der Waals surface area contributed by atoms with Crippen molar-refractivity contribution in [2.45, 2.75) is 0 Å². The number of hydrogen-bond acceptors (Lipinski definition) is 4. The molecule has 0 fully saturated rings. The van der Waals surface area contributed by atoms with Crippen LogP contribution in [0.2, 0.25) is 0 Å². The second kappa shape index (κ2) is 5.21. The first kappa shape index (κ1) is 13.6. The van der Waals surface area contributed by atoms with Gasteiger partial charge >= 0.3 is 5.97 Å². The molecule has 6 heteroatoms. The Kier molecular flexibility index (Phi) is 3.39. The van der Waals surface area contributed by atoms with Crippen LogP contribution in [0.4, 0.5) is 0 Å². The predicted molar refractivity (Wildman–Crippen MR) is 80.7 cm³/mol. The lowest BCUT2D eigenvalue weighted by Gasteiger charge is -2.07. The van der Waals surface area contributed by atoms with Gasteiger partial charge in [0.05, 0.1) is 18.2 Å². The van der Waals surface area contributed by atoms with Gasteiger partial charge in [-0.25, -0.2) is 9.78 Å². The number of nitrogens with zero attached hydrogens (tertiary/aromatic N) is 1. The van der Waals surface area contributed by atoms with Crippen molar-refractivity contribution >= 4 is 32.8 Å². The number of furan rings is 1. The highest BCUT2D eigenvalue weighted by Gasteiger charge is 2.15. The summed E-state index contributed by atoms with van der Waals surface area (Å²) in [5, 5.41) is 9.94. The molecule has 0 amide bonds. The van der Waals surface area contributed by atoms with E-state index in [0.717, 1.165) is 0 Å². The van der Waals surface area contributed by atoms with Crippen LogP contribution in [0.3, 0.4) is 0 Å². The Morgan fingerprint density at radius 1 is 1.29 bits per heavy atom. The van der Waals surface area contributed by atoms with Crippen LogP contribution in [0.5, 0.6) is 5.75 Å². The molecule has 1 N–H and O–H groups in total. The number of benzene rings is 1. The normalized spacial score (nSPS) is 10.8. The molecule has 0 atom stereocenters. The van der Waals surface area contributed by atoms with Crippen LogP contribution in [0.15, 0.2) is 45.5 Å². The maximum atomic E-state index is 11.5. The lowest BCUT2D eigenvalue weighted by Crippen LogP contribution is -2.00. The van der Waals surface area contributed by atoms with Crippen LogP contribution in [0.25, 0.3) is 22.4 Å². The quantitative estimate of drug-likeness (QED) is 0.776. The number of carbonyl (C=O) groups is 1. The first-order valence-corrected chi connectivity index (χ1v) is 6.85. The molecular formula is C15H10BrNO4. The number of halogens is 1. The van der Waals surface area contributed by atoms with Crippen molar-refractivity contribution in [1.29, 1.82) is 0 Å². The molecule has 0 radical (unpaired) electrons. The number of rotatable bonds is 3. The number of carboxylic acid groups (broad SMARTS) is 1. The Bertz CT molecular complexity index is 841. The zero-order valence-electron chi connectivity index (χ0n) is 11.0. The number of fused-ring (bicyclic) bond motifs is 1. The summed E-state index contributed by atoms with van der Waals surface area (Å²) in [6.45, 7) is 0. The van der Waals surface area contributed by atoms with Gasteiger partial charge in [-0.05, 0) is 46.3 Å². The zero-order valence-corrected chi connectivity index (χ0v) is 12.5. The van der Waals surface area contributed by atoms with E-state index in [2.05, 4.69) is 20.9 Å². The van der Waals surface area contributed by atoms with E-state index < -0.39 is 5.97 Å². The largest absolute Gasteiger partial charge is 0.497 e. The average Bonchev–Trinajstić information content (AvgIpc) is 2.91. The molecule has 2 aromatic heterocycles. The second-order valence-electron chi connectivity index (χ2n) is 4.35. The van der Waals surface area contributed by atoms with E-state index in [1.165, 1.54) is 6.07 Å². The monoisotopic (exact) mass is 347 g/mol. The van der Waals surface area contributed by atoms with Gasteiger partial charge in [-0.15, -0.1) is 0 Å². The fourth-order valence-electron chi connectivity index (χ4n) is 2.09. The Morgan fingerprint density at radius 2 is 2.10 bits per heavy atom. The van der Waals surface area contributed by atoms with Gasteiger partial charge in [-0.1, -0.05) is 0 Å². The molecule has 3 aromatic rings. The highest BCUT2D eigenvalue weighted by molar-refractivity contribution is 9.10. The van der Waals surface area contributed by atoms with E-state index in [4.69, 9.17) is 9.15 Å². The van der Waals surface area contributed by atoms with Gasteiger partial charge < -0.3 is 14.3 Å². The molecule has 0 aliphatic carbocycles. The Morgan fingerprint density at radius 3 is 2.71 bits per heavy atom. The summed E-state index contributed by atoms with van der Waals surface area (Å²) in [7, 11) is 1.55. The lowest BCUT2D eigenvalue weighted by molar-refractivity contribution is 0.0699. The molecule has 0 spiro atoms. The summed E-state index contributed by atoms with van der Waals surface area (Å²) < 4.78 is 11.2. The van der Waals surface area contributed by atoms with Crippen molar-refractivity contribution in [2.75, 3.05) is 7.11 Å². The standard InChI is InChI=1S/C15H10BrNO4/c1-20-8-2-3-9-10(15(18)19)7-12(17-11(9)6-8)13-4-5-14(16)21-13/h2-7H,1H3,(H,18,19). The first-order chi connectivity index (χ1) is 10.1. The van der Waals surface area contributed by atoms with Gasteiger partial charge in [-0.2, -0.15) is 0 Å². The molecule has 0 aliphatic heterocycles. The number of methoxy groups -OCH3 is 1. The smallest absolute Gasteiger partial charge is 0.336 e. The lowest BCUT2D eigenvalue weighted by atomic mass is 10.1. The minimum absolute atomic E-state index is 0.171. The molecule has 0 bridgehead atoms. The summed E-state index contributed by atoms with van der Waals surface area (Å²) >= 11 is 3.22. The Balaban J connectivity index is 2.29. The van der Waals surface area contributed by atoms with Crippen LogP contribution in [-0.2, 0) is 0 Å². The molecule has 1 aromatic carbocycles. The second-order valence-corrected chi connectivity index (χ2v) is 5.13. The van der Waals surface area contributed by atoms with E-state index in [-0.39, 0.29) is 5.56 Å². The van der Waals surface area contributed by atoms with Crippen molar-refractivity contribution in [3.63, 3.8) is 0 Å². The minimum Gasteiger partial charge on any atom is -0.497 e. The molecule has 0 saturated carbocycles. The van der Waals surface area contributed by atoms with Crippen LogP contribution < -0.4 is 4.74 Å². The molecular weight excluding hydrogens is 338 g/mol. The molecule has 0 saturated heterocycles. The molecule has 106 valence electrons. The Labute approximate surface area is 128 Å². The summed E-state index contributed by atoms with van der Waals surface area (Å²) in [6.07, 6.45) is 0. The predicted octanol–water partition coefficient (Wildman–Crippen LogP) is 3.96. The highest BCUT2D eigenvalue weighted by atomic mass is 79.9. The average molecular weight is 348 g/mol. The Hall–Kier alpha value is -2.34. The number of aromatic carboxylic acids is 1. The third kappa shape index (κ3) is 2.50. The summed E-state index contributed by atoms with van der Waals surface area (Å²) in [5.74, 6) is 0.0950. The third-order valence-electron chi connectivity index (χ3n) is 3.07. The van der Waals surface area contributed by atoms with Gasteiger partial charge in [0.2, 0.25) is 0 Å². The summed E-state index contributed by atoms with van der Waals surface area (Å²) in [6, 6.07) is 10.1. The molecule has 0 unspecified atom stereocenters. The molecule has 3 rings (SSSR count). The minimum atomic E-state index is -1.01. The van der Waals surface area contributed by atoms with Crippen molar-refractivity contribution < 1.29 is 19.1 Å². The third-order valence-corrected chi connectivity index (χ3v) is 3.50. The number of ether oxygens (including phenoxy) is 1. The van der Waals surface area contributed by atoms with Crippen LogP contribution in [0.1, 0.15) is 10.4 Å². The summed E-state index contributed by atoms with van der Waals surface area (Å²) in [5.41, 5.74) is 1.17.